The summed E-state index contributed by atoms with van der Waals surface area (Å²) in [6.07, 6.45) is 1.25. The van der Waals surface area contributed by atoms with Crippen LogP contribution < -0.4 is 11.1 Å². The predicted molar refractivity (Wildman–Crippen MR) is 188 cm³/mol. The van der Waals surface area contributed by atoms with Gasteiger partial charge in [0.1, 0.15) is 0 Å². The third-order valence-corrected chi connectivity index (χ3v) is 7.63. The van der Waals surface area contributed by atoms with Crippen LogP contribution in [0.3, 0.4) is 0 Å². The minimum absolute atomic E-state index is 0.732. The van der Waals surface area contributed by atoms with Crippen LogP contribution in [0.4, 0.5) is 17.1 Å². The van der Waals surface area contributed by atoms with Gasteiger partial charge in [-0.1, -0.05) is 148 Å². The summed E-state index contributed by atoms with van der Waals surface area (Å²) in [5, 5.41) is 8.45. The molecule has 43 heavy (non-hydrogen) atoms. The Bertz CT molecular complexity index is 1920. The topological polar surface area (TPSA) is 38.0 Å². The summed E-state index contributed by atoms with van der Waals surface area (Å²) in [7, 11) is 0. The number of hydrogen-bond acceptors (Lipinski definition) is 2. The van der Waals surface area contributed by atoms with Gasteiger partial charge in [0.25, 0.3) is 0 Å². The molecular formula is C41H36N2. The van der Waals surface area contributed by atoms with Gasteiger partial charge in [0.15, 0.2) is 0 Å². The Kier molecular flexibility index (Phi) is 8.19. The van der Waals surface area contributed by atoms with Gasteiger partial charge in [-0.05, 0) is 79.2 Å². The molecule has 7 rings (SSSR count). The Hall–Kier alpha value is -5.34. The van der Waals surface area contributed by atoms with Gasteiger partial charge in [-0.3, -0.25) is 0 Å². The molecule has 0 aliphatic carbocycles. The highest BCUT2D eigenvalue weighted by Crippen LogP contribution is 2.44. The molecule has 2 heteroatoms. The van der Waals surface area contributed by atoms with Crippen molar-refractivity contribution in [2.75, 3.05) is 11.1 Å². The first kappa shape index (κ1) is 27.8. The summed E-state index contributed by atoms with van der Waals surface area (Å²) in [6, 6.07) is 53.5. The molecule has 0 aliphatic rings. The zero-order valence-corrected chi connectivity index (χ0v) is 24.7. The van der Waals surface area contributed by atoms with E-state index in [4.69, 9.17) is 5.73 Å². The van der Waals surface area contributed by atoms with Crippen molar-refractivity contribution >= 4 is 38.6 Å². The number of benzene rings is 7. The molecular weight excluding hydrogens is 520 g/mol. The second kappa shape index (κ2) is 12.7. The third kappa shape index (κ3) is 5.73. The predicted octanol–water partition coefficient (Wildman–Crippen LogP) is 11.7. The number of fused-ring (bicyclic) bond motifs is 2. The highest BCUT2D eigenvalue weighted by Gasteiger charge is 2.16. The normalized spacial score (nSPS) is 10.7. The molecule has 0 bridgehead atoms. The molecule has 0 unspecified atom stereocenters. The van der Waals surface area contributed by atoms with Crippen molar-refractivity contribution in [1.29, 1.82) is 0 Å². The van der Waals surface area contributed by atoms with Gasteiger partial charge in [-0.2, -0.15) is 0 Å². The lowest BCUT2D eigenvalue weighted by Gasteiger charge is -2.18. The van der Waals surface area contributed by atoms with Gasteiger partial charge in [-0.25, -0.2) is 0 Å². The van der Waals surface area contributed by atoms with Crippen LogP contribution in [0.15, 0.2) is 152 Å². The van der Waals surface area contributed by atoms with Crippen molar-refractivity contribution in [3.63, 3.8) is 0 Å². The summed E-state index contributed by atoms with van der Waals surface area (Å²) in [5.41, 5.74) is 16.2. The molecule has 3 N–H and O–H groups in total. The molecule has 2 nitrogen and oxygen atoms in total. The smallest absolute Gasteiger partial charge is 0.0617 e. The van der Waals surface area contributed by atoms with Crippen molar-refractivity contribution in [2.24, 2.45) is 0 Å². The van der Waals surface area contributed by atoms with Crippen molar-refractivity contribution in [2.45, 2.75) is 20.3 Å². The molecule has 7 aromatic carbocycles. The number of nitrogens with two attached hydrogens (primary N) is 1. The zero-order chi connectivity index (χ0) is 29.6. The average molecular weight is 557 g/mol. The molecule has 0 fully saturated rings. The fourth-order valence-corrected chi connectivity index (χ4v) is 5.70. The number of para-hydroxylation sites is 2. The number of nitrogen functional groups attached to an aromatic ring is 1. The van der Waals surface area contributed by atoms with Crippen molar-refractivity contribution in [3.05, 3.63) is 152 Å². The van der Waals surface area contributed by atoms with Crippen LogP contribution in [-0.4, -0.2) is 0 Å². The Morgan fingerprint density at radius 3 is 1.28 bits per heavy atom. The summed E-state index contributed by atoms with van der Waals surface area (Å²) in [5.74, 6) is 0. The number of nitrogens with one attached hydrogen (secondary N) is 1. The minimum atomic E-state index is 0.732. The van der Waals surface area contributed by atoms with Gasteiger partial charge in [0.05, 0.1) is 11.4 Å². The highest BCUT2D eigenvalue weighted by molar-refractivity contribution is 6.21. The zero-order valence-electron chi connectivity index (χ0n) is 24.7. The number of hydrogen-bond donors (Lipinski definition) is 2. The molecule has 7 aromatic rings. The van der Waals surface area contributed by atoms with Gasteiger partial charge >= 0.3 is 0 Å². The first-order valence-corrected chi connectivity index (χ1v) is 15.0. The molecule has 210 valence electrons. The summed E-state index contributed by atoms with van der Waals surface area (Å²) in [4.78, 5) is 0. The van der Waals surface area contributed by atoms with E-state index >= 15 is 0 Å². The lowest BCUT2D eigenvalue weighted by molar-refractivity contribution is 1.09. The molecule has 0 heterocycles. The monoisotopic (exact) mass is 556 g/mol. The van der Waals surface area contributed by atoms with E-state index in [1.165, 1.54) is 61.3 Å². The van der Waals surface area contributed by atoms with Crippen molar-refractivity contribution in [1.82, 2.24) is 0 Å². The van der Waals surface area contributed by atoms with Crippen LogP contribution in [0.25, 0.3) is 54.9 Å². The van der Waals surface area contributed by atoms with Gasteiger partial charge in [0, 0.05) is 5.69 Å². The van der Waals surface area contributed by atoms with Crippen LogP contribution in [0, 0.1) is 0 Å². The molecule has 0 saturated carbocycles. The minimum Gasteiger partial charge on any atom is -0.397 e. The van der Waals surface area contributed by atoms with Crippen LogP contribution in [0.1, 0.15) is 20.3 Å². The molecule has 0 radical (unpaired) electrons. The van der Waals surface area contributed by atoms with Gasteiger partial charge in [-0.15, -0.1) is 0 Å². The Labute approximate surface area is 254 Å². The van der Waals surface area contributed by atoms with E-state index in [0.29, 0.717) is 0 Å². The van der Waals surface area contributed by atoms with Crippen LogP contribution in [-0.2, 0) is 0 Å². The maximum absolute atomic E-state index is 6.15. The highest BCUT2D eigenvalue weighted by atomic mass is 14.9. The average Bonchev–Trinajstić information content (AvgIpc) is 3.06. The van der Waals surface area contributed by atoms with E-state index in [1.54, 1.807) is 0 Å². The first-order chi connectivity index (χ1) is 21.2. The SMILES string of the molecule is CCC.Nc1ccccc1Nc1ccc(-c2c3ccccc3c(-c3ccc(-c4ccccc4)cc3)c3ccccc23)cc1. The maximum atomic E-state index is 6.15. The third-order valence-electron chi connectivity index (χ3n) is 7.63. The Balaban J connectivity index is 0.00000105. The summed E-state index contributed by atoms with van der Waals surface area (Å²) < 4.78 is 0. The van der Waals surface area contributed by atoms with E-state index < -0.39 is 0 Å². The first-order valence-electron chi connectivity index (χ1n) is 15.0. The molecule has 0 saturated heterocycles. The van der Waals surface area contributed by atoms with E-state index in [1.807, 2.05) is 24.3 Å². The molecule has 0 aliphatic heterocycles. The van der Waals surface area contributed by atoms with Crippen LogP contribution in [0.5, 0.6) is 0 Å². The van der Waals surface area contributed by atoms with Crippen molar-refractivity contribution in [3.8, 4) is 33.4 Å². The number of anilines is 3. The second-order valence-corrected chi connectivity index (χ2v) is 10.8. The molecule has 0 atom stereocenters. The quantitative estimate of drug-likeness (QED) is 0.163. The van der Waals surface area contributed by atoms with E-state index in [9.17, 15) is 0 Å². The van der Waals surface area contributed by atoms with Gasteiger partial charge < -0.3 is 11.1 Å². The van der Waals surface area contributed by atoms with Gasteiger partial charge in [0.2, 0.25) is 0 Å². The lowest BCUT2D eigenvalue weighted by Crippen LogP contribution is -1.95. The van der Waals surface area contributed by atoms with E-state index in [0.717, 1.165) is 17.1 Å². The molecule has 0 aromatic heterocycles. The lowest BCUT2D eigenvalue weighted by atomic mass is 9.85. The van der Waals surface area contributed by atoms with Crippen LogP contribution >= 0.6 is 0 Å². The van der Waals surface area contributed by atoms with E-state index in [2.05, 4.69) is 147 Å². The Morgan fingerprint density at radius 2 is 0.791 bits per heavy atom. The molecule has 0 amide bonds. The maximum Gasteiger partial charge on any atom is 0.0617 e. The van der Waals surface area contributed by atoms with Crippen molar-refractivity contribution < 1.29 is 0 Å². The summed E-state index contributed by atoms with van der Waals surface area (Å²) in [6.45, 7) is 4.25. The number of rotatable bonds is 5. The van der Waals surface area contributed by atoms with E-state index in [-0.39, 0.29) is 0 Å². The fourth-order valence-electron chi connectivity index (χ4n) is 5.70. The Morgan fingerprint density at radius 1 is 0.419 bits per heavy atom. The fraction of sp³-hybridized carbons (Fsp3) is 0.0732. The largest absolute Gasteiger partial charge is 0.397 e. The standard InChI is InChI=1S/C38H28N2.C3H8/c39-35-16-8-9-17-36(35)40-30-24-22-29(23-25-30)38-33-14-6-4-12-31(33)37(32-13-5-7-15-34(32)38)28-20-18-27(19-21-28)26-10-2-1-3-11-26;1-3-2/h1-25,40H,39H2;3H2,1-2H3. The van der Waals surface area contributed by atoms with Crippen LogP contribution in [0.2, 0.25) is 0 Å². The second-order valence-electron chi connectivity index (χ2n) is 10.8. The molecule has 0 spiro atoms. The summed E-state index contributed by atoms with van der Waals surface area (Å²) >= 11 is 0.